The van der Waals surface area contributed by atoms with Gasteiger partial charge in [0.1, 0.15) is 5.60 Å². The molecule has 3 rings (SSSR count). The van der Waals surface area contributed by atoms with E-state index in [0.29, 0.717) is 19.6 Å². The van der Waals surface area contributed by atoms with Crippen molar-refractivity contribution in [2.45, 2.75) is 31.6 Å². The van der Waals surface area contributed by atoms with Crippen LogP contribution in [0.1, 0.15) is 18.9 Å². The Morgan fingerprint density at radius 1 is 1.47 bits per heavy atom. The van der Waals surface area contributed by atoms with Crippen LogP contribution >= 0.6 is 0 Å². The number of ether oxygens (including phenoxy) is 1. The molecule has 102 valence electrons. The highest BCUT2D eigenvalue weighted by molar-refractivity contribution is 5.82. The van der Waals surface area contributed by atoms with Gasteiger partial charge in [0.15, 0.2) is 0 Å². The van der Waals surface area contributed by atoms with Crippen LogP contribution in [0, 0.1) is 0 Å². The Balaban J connectivity index is 1.65. The van der Waals surface area contributed by atoms with Gasteiger partial charge in [-0.15, -0.1) is 0 Å². The van der Waals surface area contributed by atoms with Gasteiger partial charge in [-0.2, -0.15) is 0 Å². The number of nitrogens with one attached hydrogen (secondary N) is 2. The standard InChI is InChI=1S/C15H20N2O2/c1-11-15(18,6-8-19-11)10-16-9-12-3-2-4-14-13(12)5-7-17-14/h2-5,7,11,16-18H,6,8-10H2,1H3. The second-order valence-corrected chi connectivity index (χ2v) is 5.33. The first-order valence-electron chi connectivity index (χ1n) is 6.79. The summed E-state index contributed by atoms with van der Waals surface area (Å²) in [6.07, 6.45) is 2.56. The summed E-state index contributed by atoms with van der Waals surface area (Å²) in [5.41, 5.74) is 1.66. The first kappa shape index (κ1) is 12.7. The summed E-state index contributed by atoms with van der Waals surface area (Å²) in [7, 11) is 0. The molecular weight excluding hydrogens is 240 g/mol. The predicted octanol–water partition coefficient (Wildman–Crippen LogP) is 1.80. The van der Waals surface area contributed by atoms with E-state index >= 15 is 0 Å². The number of hydrogen-bond acceptors (Lipinski definition) is 3. The van der Waals surface area contributed by atoms with Crippen molar-refractivity contribution >= 4 is 10.9 Å². The predicted molar refractivity (Wildman–Crippen MR) is 75.0 cm³/mol. The van der Waals surface area contributed by atoms with Gasteiger partial charge in [0.25, 0.3) is 0 Å². The van der Waals surface area contributed by atoms with E-state index in [1.807, 2.05) is 19.2 Å². The lowest BCUT2D eigenvalue weighted by Crippen LogP contribution is -2.45. The van der Waals surface area contributed by atoms with Gasteiger partial charge >= 0.3 is 0 Å². The molecule has 3 N–H and O–H groups in total. The van der Waals surface area contributed by atoms with Crippen molar-refractivity contribution in [3.63, 3.8) is 0 Å². The Morgan fingerprint density at radius 3 is 3.16 bits per heavy atom. The van der Waals surface area contributed by atoms with Crippen LogP contribution in [0.15, 0.2) is 30.5 Å². The SMILES string of the molecule is CC1OCCC1(O)CNCc1cccc2[nH]ccc12. The molecule has 2 unspecified atom stereocenters. The summed E-state index contributed by atoms with van der Waals surface area (Å²) in [5.74, 6) is 0. The zero-order chi connectivity index (χ0) is 13.3. The smallest absolute Gasteiger partial charge is 0.105 e. The Bertz CT molecular complexity index is 566. The molecule has 0 amide bonds. The Morgan fingerprint density at radius 2 is 2.37 bits per heavy atom. The van der Waals surface area contributed by atoms with Crippen molar-refractivity contribution < 1.29 is 9.84 Å². The minimum absolute atomic E-state index is 0.0944. The summed E-state index contributed by atoms with van der Waals surface area (Å²) in [6, 6.07) is 8.31. The minimum Gasteiger partial charge on any atom is -0.386 e. The quantitative estimate of drug-likeness (QED) is 0.785. The number of aromatic amines is 1. The Labute approximate surface area is 112 Å². The molecule has 19 heavy (non-hydrogen) atoms. The number of benzene rings is 1. The maximum atomic E-state index is 10.4. The first-order valence-corrected chi connectivity index (χ1v) is 6.79. The third-order valence-corrected chi connectivity index (χ3v) is 4.09. The van der Waals surface area contributed by atoms with Crippen LogP contribution < -0.4 is 5.32 Å². The molecule has 2 atom stereocenters. The molecule has 0 aliphatic carbocycles. The maximum absolute atomic E-state index is 10.4. The van der Waals surface area contributed by atoms with Crippen LogP contribution in [-0.2, 0) is 11.3 Å². The van der Waals surface area contributed by atoms with Crippen LogP contribution in [0.25, 0.3) is 10.9 Å². The Hall–Kier alpha value is -1.36. The minimum atomic E-state index is -0.730. The fourth-order valence-electron chi connectivity index (χ4n) is 2.72. The van der Waals surface area contributed by atoms with Crippen molar-refractivity contribution in [3.8, 4) is 0 Å². The van der Waals surface area contributed by atoms with Crippen LogP contribution in [0.5, 0.6) is 0 Å². The molecule has 2 heterocycles. The normalized spacial score (nSPS) is 27.2. The monoisotopic (exact) mass is 260 g/mol. The van der Waals surface area contributed by atoms with E-state index in [4.69, 9.17) is 4.74 Å². The van der Waals surface area contributed by atoms with Crippen molar-refractivity contribution in [1.82, 2.24) is 10.3 Å². The van der Waals surface area contributed by atoms with Gasteiger partial charge in [0, 0.05) is 43.2 Å². The number of rotatable bonds is 4. The van der Waals surface area contributed by atoms with Crippen LogP contribution in [-0.4, -0.2) is 34.9 Å². The second-order valence-electron chi connectivity index (χ2n) is 5.33. The van der Waals surface area contributed by atoms with Crippen LogP contribution in [0.4, 0.5) is 0 Å². The summed E-state index contributed by atoms with van der Waals surface area (Å²) < 4.78 is 5.43. The molecule has 1 aromatic heterocycles. The number of aromatic nitrogens is 1. The summed E-state index contributed by atoms with van der Waals surface area (Å²) >= 11 is 0. The molecule has 1 aromatic carbocycles. The van der Waals surface area contributed by atoms with Crippen molar-refractivity contribution in [2.75, 3.05) is 13.2 Å². The molecule has 0 bridgehead atoms. The zero-order valence-electron chi connectivity index (χ0n) is 11.1. The van der Waals surface area contributed by atoms with Gasteiger partial charge in [-0.25, -0.2) is 0 Å². The van der Waals surface area contributed by atoms with Gasteiger partial charge in [-0.1, -0.05) is 12.1 Å². The molecule has 0 radical (unpaired) electrons. The fourth-order valence-corrected chi connectivity index (χ4v) is 2.72. The lowest BCUT2D eigenvalue weighted by Gasteiger charge is -2.26. The van der Waals surface area contributed by atoms with E-state index in [1.165, 1.54) is 10.9 Å². The third kappa shape index (κ3) is 2.39. The fraction of sp³-hybridized carbons (Fsp3) is 0.467. The van der Waals surface area contributed by atoms with Gasteiger partial charge in [0.2, 0.25) is 0 Å². The average molecular weight is 260 g/mol. The highest BCUT2D eigenvalue weighted by Gasteiger charge is 2.38. The molecular formula is C15H20N2O2. The van der Waals surface area contributed by atoms with E-state index < -0.39 is 5.60 Å². The molecule has 0 saturated carbocycles. The lowest BCUT2D eigenvalue weighted by molar-refractivity contribution is -0.0262. The molecule has 1 aliphatic heterocycles. The summed E-state index contributed by atoms with van der Waals surface area (Å²) in [5, 5.41) is 15.0. The lowest BCUT2D eigenvalue weighted by atomic mass is 9.96. The summed E-state index contributed by atoms with van der Waals surface area (Å²) in [6.45, 7) is 3.90. The molecule has 4 heteroatoms. The number of H-pyrrole nitrogens is 1. The van der Waals surface area contributed by atoms with E-state index in [9.17, 15) is 5.11 Å². The van der Waals surface area contributed by atoms with Crippen molar-refractivity contribution in [2.24, 2.45) is 0 Å². The maximum Gasteiger partial charge on any atom is 0.105 e. The largest absolute Gasteiger partial charge is 0.386 e. The Kier molecular flexibility index (Phi) is 3.31. The highest BCUT2D eigenvalue weighted by Crippen LogP contribution is 2.25. The van der Waals surface area contributed by atoms with Crippen LogP contribution in [0.2, 0.25) is 0 Å². The zero-order valence-corrected chi connectivity index (χ0v) is 11.1. The molecule has 1 saturated heterocycles. The van der Waals surface area contributed by atoms with E-state index in [1.54, 1.807) is 0 Å². The molecule has 0 spiro atoms. The molecule has 1 fully saturated rings. The van der Waals surface area contributed by atoms with E-state index in [0.717, 1.165) is 12.1 Å². The second kappa shape index (κ2) is 4.96. The summed E-state index contributed by atoms with van der Waals surface area (Å²) in [4.78, 5) is 3.21. The third-order valence-electron chi connectivity index (χ3n) is 4.09. The van der Waals surface area contributed by atoms with E-state index in [2.05, 4.69) is 28.5 Å². The van der Waals surface area contributed by atoms with Gasteiger partial charge in [0.05, 0.1) is 6.10 Å². The molecule has 2 aromatic rings. The topological polar surface area (TPSA) is 57.3 Å². The van der Waals surface area contributed by atoms with E-state index in [-0.39, 0.29) is 6.10 Å². The number of aliphatic hydroxyl groups is 1. The van der Waals surface area contributed by atoms with Crippen molar-refractivity contribution in [3.05, 3.63) is 36.0 Å². The van der Waals surface area contributed by atoms with Gasteiger partial charge in [-0.05, 0) is 24.6 Å². The van der Waals surface area contributed by atoms with Gasteiger partial charge in [-0.3, -0.25) is 0 Å². The molecule has 4 nitrogen and oxygen atoms in total. The first-order chi connectivity index (χ1) is 9.19. The average Bonchev–Trinajstić information content (AvgIpc) is 2.98. The van der Waals surface area contributed by atoms with Crippen LogP contribution in [0.3, 0.4) is 0 Å². The van der Waals surface area contributed by atoms with Gasteiger partial charge < -0.3 is 20.1 Å². The number of fused-ring (bicyclic) bond motifs is 1. The highest BCUT2D eigenvalue weighted by atomic mass is 16.5. The molecule has 1 aliphatic rings. The van der Waals surface area contributed by atoms with Crippen molar-refractivity contribution in [1.29, 1.82) is 0 Å². The number of hydrogen-bond donors (Lipinski definition) is 3.